The van der Waals surface area contributed by atoms with Gasteiger partial charge in [-0.3, -0.25) is 0 Å². The summed E-state index contributed by atoms with van der Waals surface area (Å²) < 4.78 is 10.0. The summed E-state index contributed by atoms with van der Waals surface area (Å²) in [4.78, 5) is 11.8. The highest BCUT2D eigenvalue weighted by atomic mass is 79.9. The van der Waals surface area contributed by atoms with Crippen molar-refractivity contribution >= 4 is 33.4 Å². The van der Waals surface area contributed by atoms with Crippen LogP contribution in [0.3, 0.4) is 0 Å². The van der Waals surface area contributed by atoms with Crippen molar-refractivity contribution in [2.45, 2.75) is 6.92 Å². The van der Waals surface area contributed by atoms with Gasteiger partial charge in [0.1, 0.15) is 9.35 Å². The molecule has 3 nitrogen and oxygen atoms in total. The Morgan fingerprint density at radius 1 is 1.41 bits per heavy atom. The Balaban J connectivity index is 2.46. The number of hydrogen-bond acceptors (Lipinski definition) is 4. The Morgan fingerprint density at radius 2 is 2.12 bits per heavy atom. The molecule has 0 aliphatic carbocycles. The van der Waals surface area contributed by atoms with Crippen molar-refractivity contribution in [1.29, 1.82) is 0 Å². The second-order valence-corrected chi connectivity index (χ2v) is 5.36. The summed E-state index contributed by atoms with van der Waals surface area (Å²) in [6, 6.07) is 9.60. The van der Waals surface area contributed by atoms with E-state index >= 15 is 0 Å². The van der Waals surface area contributed by atoms with E-state index in [9.17, 15) is 4.79 Å². The molecule has 0 N–H and O–H groups in total. The first-order chi connectivity index (χ1) is 8.24. The van der Waals surface area contributed by atoms with E-state index in [1.165, 1.54) is 11.5 Å². The number of esters is 1. The van der Waals surface area contributed by atoms with Crippen molar-refractivity contribution in [3.8, 4) is 11.3 Å². The summed E-state index contributed by atoms with van der Waals surface area (Å²) >= 11 is 4.59. The Morgan fingerprint density at radius 3 is 2.76 bits per heavy atom. The molecule has 17 heavy (non-hydrogen) atoms. The van der Waals surface area contributed by atoms with Gasteiger partial charge in [0.25, 0.3) is 0 Å². The fourth-order valence-electron chi connectivity index (χ4n) is 1.44. The van der Waals surface area contributed by atoms with E-state index in [-0.39, 0.29) is 5.97 Å². The molecule has 0 unspecified atom stereocenters. The third-order valence-corrected chi connectivity index (χ3v) is 3.65. The summed E-state index contributed by atoms with van der Waals surface area (Å²) in [6.07, 6.45) is 0. The molecule has 0 amide bonds. The van der Waals surface area contributed by atoms with E-state index in [0.717, 1.165) is 5.56 Å². The van der Waals surface area contributed by atoms with Crippen LogP contribution in [0.4, 0.5) is 0 Å². The first-order valence-electron chi connectivity index (χ1n) is 5.11. The Kier molecular flexibility index (Phi) is 3.91. The van der Waals surface area contributed by atoms with E-state index in [2.05, 4.69) is 20.3 Å². The molecule has 0 aliphatic rings. The maximum atomic E-state index is 11.8. The maximum Gasteiger partial charge on any atom is 0.342 e. The molecule has 0 saturated carbocycles. The van der Waals surface area contributed by atoms with Crippen molar-refractivity contribution in [2.24, 2.45) is 0 Å². The summed E-state index contributed by atoms with van der Waals surface area (Å²) in [7, 11) is 0. The van der Waals surface area contributed by atoms with Crippen molar-refractivity contribution < 1.29 is 9.53 Å². The lowest BCUT2D eigenvalue weighted by atomic mass is 10.1. The largest absolute Gasteiger partial charge is 0.462 e. The van der Waals surface area contributed by atoms with Gasteiger partial charge in [0.05, 0.1) is 12.3 Å². The number of nitrogens with zero attached hydrogens (tertiary/aromatic N) is 1. The van der Waals surface area contributed by atoms with Crippen LogP contribution in [0.1, 0.15) is 17.3 Å². The van der Waals surface area contributed by atoms with Crippen LogP contribution in [0.15, 0.2) is 34.1 Å². The molecule has 88 valence electrons. The van der Waals surface area contributed by atoms with Crippen LogP contribution in [0.2, 0.25) is 0 Å². The van der Waals surface area contributed by atoms with Crippen LogP contribution in [0.5, 0.6) is 0 Å². The smallest absolute Gasteiger partial charge is 0.342 e. The molecule has 5 heteroatoms. The lowest BCUT2D eigenvalue weighted by Crippen LogP contribution is -2.05. The molecular weight excluding hydrogens is 302 g/mol. The zero-order chi connectivity index (χ0) is 12.3. The van der Waals surface area contributed by atoms with E-state index < -0.39 is 0 Å². The van der Waals surface area contributed by atoms with Crippen molar-refractivity contribution in [3.63, 3.8) is 0 Å². The molecule has 0 fully saturated rings. The van der Waals surface area contributed by atoms with Crippen LogP contribution < -0.4 is 0 Å². The zero-order valence-electron chi connectivity index (χ0n) is 9.14. The minimum atomic E-state index is -0.341. The average molecular weight is 312 g/mol. The molecule has 0 atom stereocenters. The van der Waals surface area contributed by atoms with E-state index in [0.29, 0.717) is 21.7 Å². The number of aromatic nitrogens is 1. The molecule has 1 heterocycles. The topological polar surface area (TPSA) is 39.2 Å². The van der Waals surface area contributed by atoms with Crippen molar-refractivity contribution in [1.82, 2.24) is 4.37 Å². The number of carbonyl (C=O) groups excluding carboxylic acids is 1. The normalized spacial score (nSPS) is 10.2. The fraction of sp³-hybridized carbons (Fsp3) is 0.167. The van der Waals surface area contributed by atoms with E-state index in [4.69, 9.17) is 4.74 Å². The summed E-state index contributed by atoms with van der Waals surface area (Å²) in [6.45, 7) is 2.14. The van der Waals surface area contributed by atoms with Crippen LogP contribution in [0.25, 0.3) is 11.3 Å². The molecular formula is C12H10BrNO2S. The van der Waals surface area contributed by atoms with E-state index in [1.54, 1.807) is 6.92 Å². The van der Waals surface area contributed by atoms with Crippen LogP contribution in [-0.2, 0) is 4.74 Å². The third kappa shape index (κ3) is 2.56. The number of rotatable bonds is 3. The minimum absolute atomic E-state index is 0.341. The van der Waals surface area contributed by atoms with Gasteiger partial charge in [-0.2, -0.15) is 4.37 Å². The number of ether oxygens (including phenoxy) is 1. The monoisotopic (exact) mass is 311 g/mol. The van der Waals surface area contributed by atoms with Gasteiger partial charge in [0, 0.05) is 5.56 Å². The second-order valence-electron chi connectivity index (χ2n) is 3.27. The van der Waals surface area contributed by atoms with Gasteiger partial charge in [0.2, 0.25) is 0 Å². The first-order valence-corrected chi connectivity index (χ1v) is 6.68. The second kappa shape index (κ2) is 5.42. The van der Waals surface area contributed by atoms with Gasteiger partial charge in [0.15, 0.2) is 0 Å². The maximum absolute atomic E-state index is 11.8. The quantitative estimate of drug-likeness (QED) is 0.810. The Bertz CT molecular complexity index is 525. The Hall–Kier alpha value is -1.20. The van der Waals surface area contributed by atoms with Crippen molar-refractivity contribution in [3.05, 3.63) is 39.7 Å². The average Bonchev–Trinajstić information content (AvgIpc) is 2.73. The number of benzene rings is 1. The summed E-state index contributed by atoms with van der Waals surface area (Å²) in [5, 5.41) is 0. The van der Waals surface area contributed by atoms with Crippen LogP contribution in [0, 0.1) is 0 Å². The van der Waals surface area contributed by atoms with Crippen LogP contribution in [-0.4, -0.2) is 16.9 Å². The lowest BCUT2D eigenvalue weighted by molar-refractivity contribution is 0.0526. The minimum Gasteiger partial charge on any atom is -0.462 e. The molecule has 2 aromatic rings. The predicted molar refractivity (Wildman–Crippen MR) is 71.2 cm³/mol. The SMILES string of the molecule is CCOC(=O)c1c(-c2ccccc2)nsc1Br. The standard InChI is InChI=1S/C12H10BrNO2S/c1-2-16-12(15)9-10(14-17-11(9)13)8-6-4-3-5-7-8/h3-7H,2H2,1H3. The lowest BCUT2D eigenvalue weighted by Gasteiger charge is -2.03. The Labute approximate surface area is 112 Å². The van der Waals surface area contributed by atoms with Gasteiger partial charge in [-0.25, -0.2) is 4.79 Å². The van der Waals surface area contributed by atoms with Gasteiger partial charge >= 0.3 is 5.97 Å². The summed E-state index contributed by atoms with van der Waals surface area (Å²) in [5.41, 5.74) is 2.08. The highest BCUT2D eigenvalue weighted by Gasteiger charge is 2.21. The highest BCUT2D eigenvalue weighted by molar-refractivity contribution is 9.11. The highest BCUT2D eigenvalue weighted by Crippen LogP contribution is 2.32. The van der Waals surface area contributed by atoms with Gasteiger partial charge in [-0.15, -0.1) is 0 Å². The zero-order valence-corrected chi connectivity index (χ0v) is 11.5. The van der Waals surface area contributed by atoms with Gasteiger partial charge < -0.3 is 4.74 Å². The van der Waals surface area contributed by atoms with Gasteiger partial charge in [-0.05, 0) is 34.4 Å². The molecule has 2 rings (SSSR count). The first kappa shape index (κ1) is 12.3. The van der Waals surface area contributed by atoms with Crippen molar-refractivity contribution in [2.75, 3.05) is 6.61 Å². The molecule has 0 bridgehead atoms. The molecule has 0 saturated heterocycles. The summed E-state index contributed by atoms with van der Waals surface area (Å²) in [5.74, 6) is -0.341. The molecule has 0 aliphatic heterocycles. The van der Waals surface area contributed by atoms with Gasteiger partial charge in [-0.1, -0.05) is 30.3 Å². The molecule has 1 aromatic heterocycles. The van der Waals surface area contributed by atoms with Crippen LogP contribution >= 0.6 is 27.5 Å². The predicted octanol–water partition coefficient (Wildman–Crippen LogP) is 3.75. The number of hydrogen-bond donors (Lipinski definition) is 0. The molecule has 0 radical (unpaired) electrons. The third-order valence-electron chi connectivity index (χ3n) is 2.18. The molecule has 0 spiro atoms. The van der Waals surface area contributed by atoms with E-state index in [1.807, 2.05) is 30.3 Å². The number of carbonyl (C=O) groups is 1. The molecule has 1 aromatic carbocycles. The number of halogens is 1. The fourth-order valence-corrected chi connectivity index (χ4v) is 2.65.